The minimum Gasteiger partial charge on any atom is -0.480 e. The summed E-state index contributed by atoms with van der Waals surface area (Å²) in [5, 5.41) is 21.3. The lowest BCUT2D eigenvalue weighted by Gasteiger charge is -2.23. The number of amides is 2. The standard InChI is InChI=1S/C12H20N2O4/c1-2-12(3-4-12)7-13-11(18)14-6-8(15)5-9(14)10(16)17/h8-9,15H,2-7H2,1H3,(H,13,18)(H,16,17)/t8-,9-/m0/s1. The molecule has 1 saturated carbocycles. The zero-order chi connectivity index (χ0) is 13.3. The fourth-order valence-corrected chi connectivity index (χ4v) is 2.47. The molecule has 102 valence electrons. The Bertz CT molecular complexity index is 354. The third kappa shape index (κ3) is 2.58. The van der Waals surface area contributed by atoms with Crippen LogP contribution in [0.1, 0.15) is 32.6 Å². The lowest BCUT2D eigenvalue weighted by molar-refractivity contribution is -0.141. The van der Waals surface area contributed by atoms with Gasteiger partial charge in [-0.1, -0.05) is 6.92 Å². The fourth-order valence-electron chi connectivity index (χ4n) is 2.47. The van der Waals surface area contributed by atoms with Crippen LogP contribution in [0.2, 0.25) is 0 Å². The number of β-amino-alcohol motifs (C(OH)–C–C–N with tert-alkyl or cyclic N) is 1. The summed E-state index contributed by atoms with van der Waals surface area (Å²) in [6, 6.07) is -1.28. The summed E-state index contributed by atoms with van der Waals surface area (Å²) < 4.78 is 0. The first kappa shape index (κ1) is 13.1. The number of nitrogens with zero attached hydrogens (tertiary/aromatic N) is 1. The first-order chi connectivity index (χ1) is 8.47. The summed E-state index contributed by atoms with van der Waals surface area (Å²) >= 11 is 0. The molecule has 1 saturated heterocycles. The van der Waals surface area contributed by atoms with Crippen molar-refractivity contribution in [1.82, 2.24) is 10.2 Å². The Balaban J connectivity index is 1.89. The predicted octanol–water partition coefficient (Wildman–Crippen LogP) is 0.406. The summed E-state index contributed by atoms with van der Waals surface area (Å²) in [4.78, 5) is 24.2. The molecular formula is C12H20N2O4. The minimum atomic E-state index is -1.06. The number of nitrogens with one attached hydrogen (secondary N) is 1. The summed E-state index contributed by atoms with van der Waals surface area (Å²) in [6.45, 7) is 2.79. The number of urea groups is 1. The van der Waals surface area contributed by atoms with Crippen molar-refractivity contribution in [3.05, 3.63) is 0 Å². The van der Waals surface area contributed by atoms with Crippen LogP contribution in [0.25, 0.3) is 0 Å². The van der Waals surface area contributed by atoms with Crippen LogP contribution in [-0.4, -0.2) is 52.3 Å². The second kappa shape index (κ2) is 4.76. The highest BCUT2D eigenvalue weighted by Gasteiger charge is 2.43. The summed E-state index contributed by atoms with van der Waals surface area (Å²) in [5.74, 6) is -1.06. The van der Waals surface area contributed by atoms with E-state index in [9.17, 15) is 14.7 Å². The molecule has 2 aliphatic rings. The zero-order valence-corrected chi connectivity index (χ0v) is 10.6. The van der Waals surface area contributed by atoms with Gasteiger partial charge in [0, 0.05) is 19.5 Å². The number of carboxylic acid groups (broad SMARTS) is 1. The van der Waals surface area contributed by atoms with E-state index in [1.807, 2.05) is 0 Å². The van der Waals surface area contributed by atoms with Crippen LogP contribution in [-0.2, 0) is 4.79 Å². The van der Waals surface area contributed by atoms with Crippen LogP contribution in [0.15, 0.2) is 0 Å². The molecule has 2 amide bonds. The van der Waals surface area contributed by atoms with Crippen molar-refractivity contribution in [3.8, 4) is 0 Å². The molecule has 1 aliphatic carbocycles. The Morgan fingerprint density at radius 1 is 1.44 bits per heavy atom. The van der Waals surface area contributed by atoms with Crippen LogP contribution in [0.4, 0.5) is 4.79 Å². The molecule has 1 heterocycles. The van der Waals surface area contributed by atoms with Gasteiger partial charge < -0.3 is 20.4 Å². The molecule has 0 aromatic heterocycles. The molecular weight excluding hydrogens is 236 g/mol. The maximum Gasteiger partial charge on any atom is 0.326 e. The van der Waals surface area contributed by atoms with Gasteiger partial charge >= 0.3 is 12.0 Å². The molecule has 0 unspecified atom stereocenters. The maximum atomic E-state index is 11.9. The van der Waals surface area contributed by atoms with Crippen molar-refractivity contribution in [2.75, 3.05) is 13.1 Å². The zero-order valence-electron chi connectivity index (χ0n) is 10.6. The van der Waals surface area contributed by atoms with Gasteiger partial charge in [0.1, 0.15) is 6.04 Å². The SMILES string of the molecule is CCC1(CNC(=O)N2C[C@@H](O)C[C@H]2C(=O)O)CC1. The third-order valence-corrected chi connectivity index (χ3v) is 4.15. The van der Waals surface area contributed by atoms with E-state index in [4.69, 9.17) is 5.11 Å². The first-order valence-electron chi connectivity index (χ1n) is 6.43. The number of carboxylic acids is 1. The van der Waals surface area contributed by atoms with Crippen molar-refractivity contribution in [3.63, 3.8) is 0 Å². The van der Waals surface area contributed by atoms with E-state index in [1.54, 1.807) is 0 Å². The average molecular weight is 256 g/mol. The quantitative estimate of drug-likeness (QED) is 0.679. The lowest BCUT2D eigenvalue weighted by Crippen LogP contribution is -2.47. The second-order valence-electron chi connectivity index (χ2n) is 5.41. The van der Waals surface area contributed by atoms with Crippen LogP contribution in [0, 0.1) is 5.41 Å². The molecule has 2 atom stereocenters. The fraction of sp³-hybridized carbons (Fsp3) is 0.833. The predicted molar refractivity (Wildman–Crippen MR) is 64.1 cm³/mol. The molecule has 0 aromatic carbocycles. The largest absolute Gasteiger partial charge is 0.480 e. The van der Waals surface area contributed by atoms with Crippen LogP contribution in [0.3, 0.4) is 0 Å². The molecule has 3 N–H and O–H groups in total. The van der Waals surface area contributed by atoms with E-state index in [2.05, 4.69) is 12.2 Å². The van der Waals surface area contributed by atoms with Gasteiger partial charge in [0.15, 0.2) is 0 Å². The van der Waals surface area contributed by atoms with E-state index >= 15 is 0 Å². The highest BCUT2D eigenvalue weighted by atomic mass is 16.4. The Morgan fingerprint density at radius 2 is 2.11 bits per heavy atom. The number of rotatable bonds is 4. The van der Waals surface area contributed by atoms with Gasteiger partial charge in [-0.2, -0.15) is 0 Å². The van der Waals surface area contributed by atoms with Gasteiger partial charge in [0.05, 0.1) is 6.10 Å². The van der Waals surface area contributed by atoms with Gasteiger partial charge in [0.25, 0.3) is 0 Å². The normalized spacial score (nSPS) is 29.1. The first-order valence-corrected chi connectivity index (χ1v) is 6.43. The summed E-state index contributed by atoms with van der Waals surface area (Å²) in [7, 11) is 0. The third-order valence-electron chi connectivity index (χ3n) is 4.15. The average Bonchev–Trinajstić information content (AvgIpc) is 3.01. The van der Waals surface area contributed by atoms with Gasteiger partial charge in [0.2, 0.25) is 0 Å². The molecule has 1 aliphatic heterocycles. The van der Waals surface area contributed by atoms with Crippen LogP contribution in [0.5, 0.6) is 0 Å². The number of aliphatic hydroxyl groups is 1. The highest BCUT2D eigenvalue weighted by Crippen LogP contribution is 2.47. The number of aliphatic hydroxyl groups excluding tert-OH is 1. The molecule has 6 heteroatoms. The molecule has 0 aromatic rings. The number of hydrogen-bond donors (Lipinski definition) is 3. The molecule has 2 rings (SSSR count). The minimum absolute atomic E-state index is 0.0991. The smallest absolute Gasteiger partial charge is 0.326 e. The van der Waals surface area contributed by atoms with E-state index in [1.165, 1.54) is 4.90 Å². The monoisotopic (exact) mass is 256 g/mol. The number of carbonyl (C=O) groups excluding carboxylic acids is 1. The highest BCUT2D eigenvalue weighted by molar-refractivity contribution is 5.83. The molecule has 0 radical (unpaired) electrons. The van der Waals surface area contributed by atoms with Crippen molar-refractivity contribution < 1.29 is 19.8 Å². The van der Waals surface area contributed by atoms with Gasteiger partial charge in [-0.15, -0.1) is 0 Å². The van der Waals surface area contributed by atoms with Crippen molar-refractivity contribution >= 4 is 12.0 Å². The molecule has 18 heavy (non-hydrogen) atoms. The van der Waals surface area contributed by atoms with E-state index in [0.717, 1.165) is 19.3 Å². The van der Waals surface area contributed by atoms with E-state index in [-0.39, 0.29) is 24.4 Å². The number of aliphatic carboxylic acids is 1. The summed E-state index contributed by atoms with van der Waals surface area (Å²) in [5.41, 5.74) is 0.229. The van der Waals surface area contributed by atoms with Gasteiger partial charge in [-0.25, -0.2) is 9.59 Å². The molecule has 0 bridgehead atoms. The Hall–Kier alpha value is -1.30. The topological polar surface area (TPSA) is 89.9 Å². The number of hydrogen-bond acceptors (Lipinski definition) is 3. The second-order valence-corrected chi connectivity index (χ2v) is 5.41. The lowest BCUT2D eigenvalue weighted by atomic mass is 10.0. The maximum absolute atomic E-state index is 11.9. The van der Waals surface area contributed by atoms with E-state index in [0.29, 0.717) is 6.54 Å². The van der Waals surface area contributed by atoms with Gasteiger partial charge in [-0.05, 0) is 24.7 Å². The van der Waals surface area contributed by atoms with Crippen molar-refractivity contribution in [2.24, 2.45) is 5.41 Å². The number of carbonyl (C=O) groups is 2. The van der Waals surface area contributed by atoms with Crippen molar-refractivity contribution in [2.45, 2.75) is 44.8 Å². The van der Waals surface area contributed by atoms with E-state index < -0.39 is 18.1 Å². The number of likely N-dealkylation sites (tertiary alicyclic amines) is 1. The van der Waals surface area contributed by atoms with Crippen LogP contribution >= 0.6 is 0 Å². The van der Waals surface area contributed by atoms with Crippen molar-refractivity contribution in [1.29, 1.82) is 0 Å². The Kier molecular flexibility index (Phi) is 3.47. The Morgan fingerprint density at radius 3 is 2.61 bits per heavy atom. The van der Waals surface area contributed by atoms with Gasteiger partial charge in [-0.3, -0.25) is 0 Å². The molecule has 6 nitrogen and oxygen atoms in total. The molecule has 0 spiro atoms. The molecule has 2 fully saturated rings. The summed E-state index contributed by atoms with van der Waals surface area (Å²) in [6.07, 6.45) is 2.64. The Labute approximate surface area is 106 Å². The van der Waals surface area contributed by atoms with Crippen LogP contribution < -0.4 is 5.32 Å².